The predicted octanol–water partition coefficient (Wildman–Crippen LogP) is 0.721. The standard InChI is InChI=1S/C6H8O2/c1-5(2)6(8)3-4-7/h4H,1,3H2,2H3. The molecule has 0 aliphatic carbocycles. The average molecular weight is 112 g/mol. The first kappa shape index (κ1) is 7.08. The molecule has 0 aliphatic heterocycles. The molecule has 0 aromatic heterocycles. The van der Waals surface area contributed by atoms with Crippen molar-refractivity contribution in [2.24, 2.45) is 0 Å². The van der Waals surface area contributed by atoms with Crippen LogP contribution in [0.2, 0.25) is 0 Å². The van der Waals surface area contributed by atoms with Crippen LogP contribution in [0.3, 0.4) is 0 Å². The van der Waals surface area contributed by atoms with Crippen molar-refractivity contribution < 1.29 is 9.59 Å². The monoisotopic (exact) mass is 112 g/mol. The fourth-order valence-electron chi connectivity index (χ4n) is 0.250. The molecule has 0 amide bonds. The molecule has 0 rings (SSSR count). The largest absolute Gasteiger partial charge is 0.303 e. The Morgan fingerprint density at radius 3 is 2.38 bits per heavy atom. The van der Waals surface area contributed by atoms with Gasteiger partial charge in [0, 0.05) is 0 Å². The Hall–Kier alpha value is -0.920. The third-order valence-electron chi connectivity index (χ3n) is 0.745. The molecule has 0 bridgehead atoms. The summed E-state index contributed by atoms with van der Waals surface area (Å²) >= 11 is 0. The average Bonchev–Trinajstić information content (AvgIpc) is 1.67. The summed E-state index contributed by atoms with van der Waals surface area (Å²) in [7, 11) is 0. The summed E-state index contributed by atoms with van der Waals surface area (Å²) in [6.45, 7) is 4.95. The molecule has 0 aromatic rings. The highest BCUT2D eigenvalue weighted by molar-refractivity contribution is 6.01. The van der Waals surface area contributed by atoms with E-state index >= 15 is 0 Å². The maximum Gasteiger partial charge on any atom is 0.165 e. The van der Waals surface area contributed by atoms with Crippen molar-refractivity contribution in [1.82, 2.24) is 0 Å². The topological polar surface area (TPSA) is 34.1 Å². The molecule has 0 aliphatic rings. The van der Waals surface area contributed by atoms with E-state index in [4.69, 9.17) is 0 Å². The molecule has 0 heterocycles. The second-order valence-electron chi connectivity index (χ2n) is 1.57. The van der Waals surface area contributed by atoms with Crippen LogP contribution in [-0.4, -0.2) is 12.1 Å². The summed E-state index contributed by atoms with van der Waals surface area (Å²) in [5.41, 5.74) is 0.442. The zero-order valence-corrected chi connectivity index (χ0v) is 4.81. The second kappa shape index (κ2) is 3.13. The van der Waals surface area contributed by atoms with Crippen LogP contribution in [0.5, 0.6) is 0 Å². The van der Waals surface area contributed by atoms with Gasteiger partial charge in [-0.3, -0.25) is 4.79 Å². The molecule has 8 heavy (non-hydrogen) atoms. The highest BCUT2D eigenvalue weighted by Gasteiger charge is 1.97. The quantitative estimate of drug-likeness (QED) is 0.306. The first-order valence-corrected chi connectivity index (χ1v) is 2.31. The minimum atomic E-state index is -0.181. The van der Waals surface area contributed by atoms with Crippen LogP contribution < -0.4 is 0 Å². The molecule has 0 unspecified atom stereocenters. The minimum Gasteiger partial charge on any atom is -0.303 e. The van der Waals surface area contributed by atoms with Gasteiger partial charge in [0.1, 0.15) is 6.29 Å². The smallest absolute Gasteiger partial charge is 0.165 e. The molecular weight excluding hydrogens is 104 g/mol. The van der Waals surface area contributed by atoms with E-state index < -0.39 is 0 Å². The summed E-state index contributed by atoms with van der Waals surface area (Å²) in [6.07, 6.45) is 0.548. The summed E-state index contributed by atoms with van der Waals surface area (Å²) in [5, 5.41) is 0. The van der Waals surface area contributed by atoms with E-state index in [2.05, 4.69) is 6.58 Å². The Morgan fingerprint density at radius 1 is 1.75 bits per heavy atom. The van der Waals surface area contributed by atoms with Crippen LogP contribution in [0.25, 0.3) is 0 Å². The molecule has 44 valence electrons. The SMILES string of the molecule is C=C(C)C(=O)CC=O. The molecule has 0 N–H and O–H groups in total. The van der Waals surface area contributed by atoms with Gasteiger partial charge in [0.05, 0.1) is 6.42 Å². The minimum absolute atomic E-state index is 0.0324. The number of ketones is 1. The molecule has 0 saturated carbocycles. The lowest BCUT2D eigenvalue weighted by Gasteiger charge is -1.87. The van der Waals surface area contributed by atoms with E-state index in [1.807, 2.05) is 0 Å². The van der Waals surface area contributed by atoms with Crippen molar-refractivity contribution in [3.63, 3.8) is 0 Å². The molecule has 0 fully saturated rings. The Labute approximate surface area is 48.2 Å². The van der Waals surface area contributed by atoms with Crippen molar-refractivity contribution in [2.45, 2.75) is 13.3 Å². The van der Waals surface area contributed by atoms with Gasteiger partial charge in [-0.25, -0.2) is 0 Å². The summed E-state index contributed by atoms with van der Waals surface area (Å²) in [5.74, 6) is -0.181. The van der Waals surface area contributed by atoms with Crippen LogP contribution in [0.15, 0.2) is 12.2 Å². The lowest BCUT2D eigenvalue weighted by atomic mass is 10.2. The van der Waals surface area contributed by atoms with E-state index in [-0.39, 0.29) is 12.2 Å². The van der Waals surface area contributed by atoms with Gasteiger partial charge < -0.3 is 4.79 Å². The Kier molecular flexibility index (Phi) is 2.77. The molecule has 2 nitrogen and oxygen atoms in total. The summed E-state index contributed by atoms with van der Waals surface area (Å²) in [6, 6.07) is 0. The van der Waals surface area contributed by atoms with Crippen LogP contribution in [0.4, 0.5) is 0 Å². The molecule has 0 aromatic carbocycles. The summed E-state index contributed by atoms with van der Waals surface area (Å²) < 4.78 is 0. The second-order valence-corrected chi connectivity index (χ2v) is 1.57. The molecule has 0 spiro atoms. The Bertz CT molecular complexity index is 124. The number of carbonyl (C=O) groups is 2. The number of allylic oxidation sites excluding steroid dienone is 1. The molecule has 0 radical (unpaired) electrons. The highest BCUT2D eigenvalue weighted by atomic mass is 16.1. The molecule has 0 saturated heterocycles. The number of Topliss-reactive ketones (excluding diaryl/α,β-unsaturated/α-hetero) is 1. The fraction of sp³-hybridized carbons (Fsp3) is 0.333. The predicted molar refractivity (Wildman–Crippen MR) is 30.5 cm³/mol. The highest BCUT2D eigenvalue weighted by Crippen LogP contribution is 1.90. The maximum absolute atomic E-state index is 10.4. The number of carbonyl (C=O) groups excluding carboxylic acids is 2. The third kappa shape index (κ3) is 2.29. The van der Waals surface area contributed by atoms with E-state index in [0.717, 1.165) is 0 Å². The van der Waals surface area contributed by atoms with E-state index in [9.17, 15) is 9.59 Å². The zero-order chi connectivity index (χ0) is 6.57. The lowest BCUT2D eigenvalue weighted by Crippen LogP contribution is -1.97. The van der Waals surface area contributed by atoms with Crippen LogP contribution in [-0.2, 0) is 9.59 Å². The van der Waals surface area contributed by atoms with Gasteiger partial charge in [-0.05, 0) is 12.5 Å². The van der Waals surface area contributed by atoms with Gasteiger partial charge >= 0.3 is 0 Å². The first-order valence-electron chi connectivity index (χ1n) is 2.31. The zero-order valence-electron chi connectivity index (χ0n) is 4.81. The fourth-order valence-corrected chi connectivity index (χ4v) is 0.250. The van der Waals surface area contributed by atoms with Gasteiger partial charge in [0.25, 0.3) is 0 Å². The van der Waals surface area contributed by atoms with E-state index in [0.29, 0.717) is 11.9 Å². The van der Waals surface area contributed by atoms with Gasteiger partial charge in [0.2, 0.25) is 0 Å². The van der Waals surface area contributed by atoms with Crippen LogP contribution in [0.1, 0.15) is 13.3 Å². The van der Waals surface area contributed by atoms with Gasteiger partial charge in [-0.2, -0.15) is 0 Å². The number of hydrogen-bond acceptors (Lipinski definition) is 2. The lowest BCUT2D eigenvalue weighted by molar-refractivity contribution is -0.119. The Morgan fingerprint density at radius 2 is 2.25 bits per heavy atom. The number of aldehydes is 1. The van der Waals surface area contributed by atoms with Gasteiger partial charge in [-0.15, -0.1) is 0 Å². The maximum atomic E-state index is 10.4. The normalized spacial score (nSPS) is 8.12. The van der Waals surface area contributed by atoms with E-state index in [1.54, 1.807) is 6.92 Å². The van der Waals surface area contributed by atoms with Gasteiger partial charge in [-0.1, -0.05) is 6.58 Å². The van der Waals surface area contributed by atoms with Gasteiger partial charge in [0.15, 0.2) is 5.78 Å². The van der Waals surface area contributed by atoms with Crippen molar-refractivity contribution in [3.05, 3.63) is 12.2 Å². The van der Waals surface area contributed by atoms with E-state index in [1.165, 1.54) is 0 Å². The van der Waals surface area contributed by atoms with Crippen molar-refractivity contribution in [1.29, 1.82) is 0 Å². The Balaban J connectivity index is 3.65. The summed E-state index contributed by atoms with van der Waals surface area (Å²) in [4.78, 5) is 20.1. The van der Waals surface area contributed by atoms with Crippen LogP contribution in [0, 0.1) is 0 Å². The molecule has 0 atom stereocenters. The molecule has 2 heteroatoms. The first-order chi connectivity index (χ1) is 3.68. The molecular formula is C6H8O2. The number of hydrogen-bond donors (Lipinski definition) is 0. The third-order valence-corrected chi connectivity index (χ3v) is 0.745. The number of rotatable bonds is 3. The van der Waals surface area contributed by atoms with Crippen molar-refractivity contribution >= 4 is 12.1 Å². The van der Waals surface area contributed by atoms with Crippen LogP contribution >= 0.6 is 0 Å². The van der Waals surface area contributed by atoms with Crippen molar-refractivity contribution in [2.75, 3.05) is 0 Å². The van der Waals surface area contributed by atoms with Crippen molar-refractivity contribution in [3.8, 4) is 0 Å².